The molecule has 2 rings (SSSR count). The molecule has 14 heavy (non-hydrogen) atoms. The molecule has 0 N–H and O–H groups in total. The summed E-state index contributed by atoms with van der Waals surface area (Å²) in [7, 11) is 0. The summed E-state index contributed by atoms with van der Waals surface area (Å²) >= 11 is 3.45. The van der Waals surface area contributed by atoms with Gasteiger partial charge in [0.25, 0.3) is 5.91 Å². The maximum absolute atomic E-state index is 11.8. The van der Waals surface area contributed by atoms with Gasteiger partial charge in [-0.25, -0.2) is 0 Å². The molecule has 76 valence electrons. The SMILES string of the molecule is O=C(c1ccoc1)N1CCC(CBr)C1. The summed E-state index contributed by atoms with van der Waals surface area (Å²) < 4.78 is 4.89. The standard InChI is InChI=1S/C10H12BrNO2/c11-5-8-1-3-12(6-8)10(13)9-2-4-14-7-9/h2,4,7-8H,1,3,5-6H2. The van der Waals surface area contributed by atoms with Crippen LogP contribution in [-0.4, -0.2) is 29.2 Å². The fourth-order valence-electron chi connectivity index (χ4n) is 1.71. The number of hydrogen-bond donors (Lipinski definition) is 0. The molecule has 0 aromatic carbocycles. The van der Waals surface area contributed by atoms with Crippen LogP contribution in [0.15, 0.2) is 23.0 Å². The van der Waals surface area contributed by atoms with E-state index in [0.29, 0.717) is 11.5 Å². The van der Waals surface area contributed by atoms with Gasteiger partial charge in [0.2, 0.25) is 0 Å². The smallest absolute Gasteiger partial charge is 0.257 e. The maximum Gasteiger partial charge on any atom is 0.257 e. The molecule has 0 bridgehead atoms. The van der Waals surface area contributed by atoms with Gasteiger partial charge in [-0.15, -0.1) is 0 Å². The highest BCUT2D eigenvalue weighted by atomic mass is 79.9. The molecule has 1 atom stereocenters. The van der Waals surface area contributed by atoms with E-state index >= 15 is 0 Å². The fourth-order valence-corrected chi connectivity index (χ4v) is 2.24. The molecular formula is C10H12BrNO2. The van der Waals surface area contributed by atoms with Crippen molar-refractivity contribution in [1.82, 2.24) is 4.90 Å². The van der Waals surface area contributed by atoms with Crippen LogP contribution in [0.5, 0.6) is 0 Å². The Hall–Kier alpha value is -0.770. The second-order valence-corrected chi connectivity index (χ2v) is 4.22. The summed E-state index contributed by atoms with van der Waals surface area (Å²) in [6.45, 7) is 1.72. The zero-order valence-electron chi connectivity index (χ0n) is 7.78. The first-order valence-electron chi connectivity index (χ1n) is 4.68. The Labute approximate surface area is 91.2 Å². The minimum Gasteiger partial charge on any atom is -0.472 e. The van der Waals surface area contributed by atoms with Gasteiger partial charge in [-0.2, -0.15) is 0 Å². The van der Waals surface area contributed by atoms with Crippen molar-refractivity contribution in [3.63, 3.8) is 0 Å². The van der Waals surface area contributed by atoms with E-state index in [2.05, 4.69) is 15.9 Å². The van der Waals surface area contributed by atoms with Crippen molar-refractivity contribution in [1.29, 1.82) is 0 Å². The summed E-state index contributed by atoms with van der Waals surface area (Å²) in [6, 6.07) is 1.71. The van der Waals surface area contributed by atoms with Gasteiger partial charge in [-0.3, -0.25) is 4.79 Å². The molecule has 1 aliphatic heterocycles. The summed E-state index contributed by atoms with van der Waals surface area (Å²) in [5.41, 5.74) is 0.653. The normalized spacial score (nSPS) is 21.5. The number of nitrogens with zero attached hydrogens (tertiary/aromatic N) is 1. The van der Waals surface area contributed by atoms with Crippen molar-refractivity contribution < 1.29 is 9.21 Å². The van der Waals surface area contributed by atoms with Gasteiger partial charge in [-0.05, 0) is 18.4 Å². The van der Waals surface area contributed by atoms with Crippen LogP contribution in [0, 0.1) is 5.92 Å². The first-order chi connectivity index (χ1) is 6.81. The van der Waals surface area contributed by atoms with E-state index in [1.807, 2.05) is 4.90 Å². The molecule has 3 nitrogen and oxygen atoms in total. The summed E-state index contributed by atoms with van der Waals surface area (Å²) in [4.78, 5) is 13.7. The fraction of sp³-hybridized carbons (Fsp3) is 0.500. The van der Waals surface area contributed by atoms with Crippen molar-refractivity contribution in [3.05, 3.63) is 24.2 Å². The van der Waals surface area contributed by atoms with Crippen LogP contribution in [0.4, 0.5) is 0 Å². The largest absolute Gasteiger partial charge is 0.472 e. The predicted molar refractivity (Wildman–Crippen MR) is 56.5 cm³/mol. The molecule has 0 aliphatic carbocycles. The third-order valence-electron chi connectivity index (χ3n) is 2.56. The molecule has 1 unspecified atom stereocenters. The van der Waals surface area contributed by atoms with Gasteiger partial charge >= 0.3 is 0 Å². The third-order valence-corrected chi connectivity index (χ3v) is 3.48. The average Bonchev–Trinajstić information content (AvgIpc) is 2.88. The molecule has 1 aromatic heterocycles. The van der Waals surface area contributed by atoms with E-state index in [1.54, 1.807) is 6.07 Å². The predicted octanol–water partition coefficient (Wildman–Crippen LogP) is 2.14. The van der Waals surface area contributed by atoms with Crippen LogP contribution in [0.3, 0.4) is 0 Å². The lowest BCUT2D eigenvalue weighted by molar-refractivity contribution is 0.0787. The van der Waals surface area contributed by atoms with E-state index < -0.39 is 0 Å². The molecule has 1 aromatic rings. The van der Waals surface area contributed by atoms with Gasteiger partial charge in [-0.1, -0.05) is 15.9 Å². The van der Waals surface area contributed by atoms with E-state index in [-0.39, 0.29) is 5.91 Å². The number of alkyl halides is 1. The molecular weight excluding hydrogens is 246 g/mol. The Morgan fingerprint density at radius 2 is 2.57 bits per heavy atom. The minimum atomic E-state index is 0.0854. The van der Waals surface area contributed by atoms with Gasteiger partial charge in [0.1, 0.15) is 6.26 Å². The summed E-state index contributed by atoms with van der Waals surface area (Å²) in [6.07, 6.45) is 4.13. The Balaban J connectivity index is 2.00. The molecule has 1 aliphatic rings. The molecule has 4 heteroatoms. The van der Waals surface area contributed by atoms with E-state index in [0.717, 1.165) is 24.8 Å². The quantitative estimate of drug-likeness (QED) is 0.761. The number of likely N-dealkylation sites (tertiary alicyclic amines) is 1. The minimum absolute atomic E-state index is 0.0854. The molecule has 1 amide bonds. The van der Waals surface area contributed by atoms with Gasteiger partial charge in [0, 0.05) is 18.4 Å². The lowest BCUT2D eigenvalue weighted by atomic mass is 10.2. The number of halogens is 1. The van der Waals surface area contributed by atoms with Gasteiger partial charge in [0.05, 0.1) is 11.8 Å². The zero-order valence-corrected chi connectivity index (χ0v) is 9.37. The highest BCUT2D eigenvalue weighted by Crippen LogP contribution is 2.20. The van der Waals surface area contributed by atoms with Crippen molar-refractivity contribution in [2.24, 2.45) is 5.92 Å². The molecule has 0 radical (unpaired) electrons. The number of carbonyl (C=O) groups is 1. The Bertz CT molecular complexity index is 310. The second-order valence-electron chi connectivity index (χ2n) is 3.57. The Morgan fingerprint density at radius 1 is 1.71 bits per heavy atom. The monoisotopic (exact) mass is 257 g/mol. The topological polar surface area (TPSA) is 33.5 Å². The van der Waals surface area contributed by atoms with Gasteiger partial charge in [0.15, 0.2) is 0 Å². The van der Waals surface area contributed by atoms with Crippen LogP contribution in [-0.2, 0) is 0 Å². The summed E-state index contributed by atoms with van der Waals surface area (Å²) in [5, 5.41) is 0.974. The maximum atomic E-state index is 11.8. The van der Waals surface area contributed by atoms with Crippen LogP contribution in [0.1, 0.15) is 16.8 Å². The molecule has 2 heterocycles. The average molecular weight is 258 g/mol. The molecule has 1 fully saturated rings. The number of carbonyl (C=O) groups excluding carboxylic acids is 1. The van der Waals surface area contributed by atoms with Crippen molar-refractivity contribution in [2.45, 2.75) is 6.42 Å². The zero-order chi connectivity index (χ0) is 9.97. The van der Waals surface area contributed by atoms with E-state index in [1.165, 1.54) is 12.5 Å². The van der Waals surface area contributed by atoms with Crippen LogP contribution in [0.25, 0.3) is 0 Å². The van der Waals surface area contributed by atoms with Crippen molar-refractivity contribution in [2.75, 3.05) is 18.4 Å². The summed E-state index contributed by atoms with van der Waals surface area (Å²) in [5.74, 6) is 0.688. The number of hydrogen-bond acceptors (Lipinski definition) is 2. The highest BCUT2D eigenvalue weighted by molar-refractivity contribution is 9.09. The van der Waals surface area contributed by atoms with Crippen molar-refractivity contribution in [3.8, 4) is 0 Å². The highest BCUT2D eigenvalue weighted by Gasteiger charge is 2.26. The van der Waals surface area contributed by atoms with Crippen LogP contribution in [0.2, 0.25) is 0 Å². The molecule has 0 spiro atoms. The first-order valence-corrected chi connectivity index (χ1v) is 5.81. The molecule has 0 saturated carbocycles. The molecule has 1 saturated heterocycles. The lowest BCUT2D eigenvalue weighted by Gasteiger charge is -2.14. The lowest BCUT2D eigenvalue weighted by Crippen LogP contribution is -2.28. The Morgan fingerprint density at radius 3 is 3.14 bits per heavy atom. The number of rotatable bonds is 2. The van der Waals surface area contributed by atoms with E-state index in [4.69, 9.17) is 4.42 Å². The second kappa shape index (κ2) is 4.17. The van der Waals surface area contributed by atoms with Gasteiger partial charge < -0.3 is 9.32 Å². The number of furan rings is 1. The van der Waals surface area contributed by atoms with Crippen LogP contribution < -0.4 is 0 Å². The number of amides is 1. The van der Waals surface area contributed by atoms with E-state index in [9.17, 15) is 4.79 Å². The third kappa shape index (κ3) is 1.85. The van der Waals surface area contributed by atoms with Crippen molar-refractivity contribution >= 4 is 21.8 Å². The Kier molecular flexibility index (Phi) is 2.91. The van der Waals surface area contributed by atoms with Crippen LogP contribution >= 0.6 is 15.9 Å². The first kappa shape index (κ1) is 9.77.